The molecule has 100 valence electrons. The number of thiophene rings is 1. The van der Waals surface area contributed by atoms with E-state index in [1.54, 1.807) is 24.3 Å². The summed E-state index contributed by atoms with van der Waals surface area (Å²) in [4.78, 5) is 11.2. The van der Waals surface area contributed by atoms with Gasteiger partial charge in [-0.05, 0) is 18.2 Å². The lowest BCUT2D eigenvalue weighted by Crippen LogP contribution is -1.97. The normalized spacial score (nSPS) is 10.7. The third-order valence-electron chi connectivity index (χ3n) is 2.81. The van der Waals surface area contributed by atoms with Crippen molar-refractivity contribution in [2.24, 2.45) is 0 Å². The second kappa shape index (κ2) is 5.19. The zero-order chi connectivity index (χ0) is 14.1. The predicted octanol–water partition coefficient (Wildman–Crippen LogP) is 4.21. The fraction of sp³-hybridized carbons (Fsp3) is 0. The van der Waals surface area contributed by atoms with Crippen molar-refractivity contribution in [2.75, 3.05) is 0 Å². The first-order chi connectivity index (χ1) is 9.69. The van der Waals surface area contributed by atoms with Crippen LogP contribution in [0.1, 0.15) is 10.4 Å². The first-order valence-electron chi connectivity index (χ1n) is 5.73. The average molecular weight is 307 g/mol. The molecular weight excluding hydrogens is 299 g/mol. The Hall–Kier alpha value is -1.98. The molecule has 0 N–H and O–H groups in total. The highest BCUT2D eigenvalue weighted by atomic mass is 35.5. The van der Waals surface area contributed by atoms with Crippen LogP contribution in [0.4, 0.5) is 4.39 Å². The van der Waals surface area contributed by atoms with Crippen LogP contribution in [0.2, 0.25) is 4.34 Å². The number of benzene rings is 1. The molecule has 20 heavy (non-hydrogen) atoms. The van der Waals surface area contributed by atoms with Gasteiger partial charge in [-0.2, -0.15) is 5.10 Å². The Labute approximate surface area is 123 Å². The van der Waals surface area contributed by atoms with E-state index < -0.39 is 5.82 Å². The Morgan fingerprint density at radius 3 is 2.80 bits per heavy atom. The summed E-state index contributed by atoms with van der Waals surface area (Å²) in [6.07, 6.45) is 2.21. The van der Waals surface area contributed by atoms with E-state index in [1.807, 2.05) is 5.38 Å². The number of aldehydes is 1. The van der Waals surface area contributed by atoms with E-state index in [0.717, 1.165) is 5.56 Å². The van der Waals surface area contributed by atoms with Crippen molar-refractivity contribution in [2.45, 2.75) is 0 Å². The minimum absolute atomic E-state index is 0.295. The zero-order valence-electron chi connectivity index (χ0n) is 10.1. The van der Waals surface area contributed by atoms with Gasteiger partial charge in [0.2, 0.25) is 0 Å². The van der Waals surface area contributed by atoms with Gasteiger partial charge in [0.15, 0.2) is 6.29 Å². The molecule has 0 atom stereocenters. The minimum Gasteiger partial charge on any atom is -0.298 e. The van der Waals surface area contributed by atoms with Crippen LogP contribution in [0.15, 0.2) is 41.9 Å². The maximum Gasteiger partial charge on any atom is 0.153 e. The lowest BCUT2D eigenvalue weighted by Gasteiger charge is -2.01. The predicted molar refractivity (Wildman–Crippen MR) is 77.2 cm³/mol. The third-order valence-corrected chi connectivity index (χ3v) is 3.90. The van der Waals surface area contributed by atoms with Crippen LogP contribution in [0.25, 0.3) is 16.9 Å². The highest BCUT2D eigenvalue weighted by molar-refractivity contribution is 7.14. The monoisotopic (exact) mass is 306 g/mol. The Kier molecular flexibility index (Phi) is 3.38. The highest BCUT2D eigenvalue weighted by Crippen LogP contribution is 2.30. The van der Waals surface area contributed by atoms with E-state index in [0.29, 0.717) is 27.6 Å². The molecule has 0 saturated carbocycles. The summed E-state index contributed by atoms with van der Waals surface area (Å²) in [5.74, 6) is -0.401. The second-order valence-electron chi connectivity index (χ2n) is 4.09. The van der Waals surface area contributed by atoms with Gasteiger partial charge in [0.1, 0.15) is 17.2 Å². The van der Waals surface area contributed by atoms with Crippen molar-refractivity contribution in [3.05, 3.63) is 57.6 Å². The summed E-state index contributed by atoms with van der Waals surface area (Å²) in [6.45, 7) is 0. The summed E-state index contributed by atoms with van der Waals surface area (Å²) in [5.41, 5.74) is 1.93. The summed E-state index contributed by atoms with van der Waals surface area (Å²) in [6, 6.07) is 7.98. The molecular formula is C14H8ClFN2OS. The van der Waals surface area contributed by atoms with Crippen molar-refractivity contribution in [1.29, 1.82) is 0 Å². The molecule has 2 heterocycles. The summed E-state index contributed by atoms with van der Waals surface area (Å²) in [7, 11) is 0. The molecule has 0 saturated heterocycles. The van der Waals surface area contributed by atoms with Crippen LogP contribution in [-0.4, -0.2) is 16.1 Å². The van der Waals surface area contributed by atoms with E-state index in [4.69, 9.17) is 11.6 Å². The second-order valence-corrected chi connectivity index (χ2v) is 5.63. The number of hydrogen-bond acceptors (Lipinski definition) is 3. The number of halogens is 2. The minimum atomic E-state index is -0.401. The van der Waals surface area contributed by atoms with Crippen molar-refractivity contribution < 1.29 is 9.18 Å². The summed E-state index contributed by atoms with van der Waals surface area (Å²) in [5, 5.41) is 6.10. The van der Waals surface area contributed by atoms with Gasteiger partial charge in [-0.15, -0.1) is 11.3 Å². The third kappa shape index (κ3) is 2.26. The summed E-state index contributed by atoms with van der Waals surface area (Å²) < 4.78 is 15.7. The van der Waals surface area contributed by atoms with E-state index in [1.165, 1.54) is 28.3 Å². The molecule has 0 unspecified atom stereocenters. The van der Waals surface area contributed by atoms with E-state index >= 15 is 0 Å². The molecule has 2 aromatic heterocycles. The van der Waals surface area contributed by atoms with Gasteiger partial charge in [0, 0.05) is 17.1 Å². The molecule has 0 amide bonds. The largest absolute Gasteiger partial charge is 0.298 e. The lowest BCUT2D eigenvalue weighted by atomic mass is 10.2. The van der Waals surface area contributed by atoms with Crippen LogP contribution in [0.3, 0.4) is 0 Å². The van der Waals surface area contributed by atoms with Crippen molar-refractivity contribution in [1.82, 2.24) is 9.78 Å². The molecule has 0 aliphatic heterocycles. The van der Waals surface area contributed by atoms with Gasteiger partial charge in [0.05, 0.1) is 9.90 Å². The van der Waals surface area contributed by atoms with Gasteiger partial charge in [-0.3, -0.25) is 4.79 Å². The first-order valence-corrected chi connectivity index (χ1v) is 6.99. The highest BCUT2D eigenvalue weighted by Gasteiger charge is 2.14. The van der Waals surface area contributed by atoms with Crippen LogP contribution in [0, 0.1) is 5.82 Å². The quantitative estimate of drug-likeness (QED) is 0.680. The van der Waals surface area contributed by atoms with Gasteiger partial charge in [-0.1, -0.05) is 23.7 Å². The molecule has 3 rings (SSSR count). The van der Waals surface area contributed by atoms with Crippen LogP contribution >= 0.6 is 22.9 Å². The number of para-hydroxylation sites is 1. The number of hydrogen-bond donors (Lipinski definition) is 0. The molecule has 3 nitrogen and oxygen atoms in total. The number of rotatable bonds is 3. The fourth-order valence-corrected chi connectivity index (χ4v) is 2.76. The van der Waals surface area contributed by atoms with Gasteiger partial charge >= 0.3 is 0 Å². The number of aromatic nitrogens is 2. The van der Waals surface area contributed by atoms with E-state index in [2.05, 4.69) is 5.10 Å². The maximum atomic E-state index is 13.8. The Morgan fingerprint density at radius 2 is 2.15 bits per heavy atom. The molecule has 0 spiro atoms. The lowest BCUT2D eigenvalue weighted by molar-refractivity contribution is 0.112. The smallest absolute Gasteiger partial charge is 0.153 e. The molecule has 3 aromatic rings. The fourth-order valence-electron chi connectivity index (χ4n) is 1.89. The molecule has 0 aliphatic carbocycles. The van der Waals surface area contributed by atoms with Gasteiger partial charge < -0.3 is 0 Å². The molecule has 6 heteroatoms. The molecule has 0 radical (unpaired) electrons. The SMILES string of the molecule is O=Cc1cn(-c2ccccc2F)nc1-c1csc(Cl)c1. The van der Waals surface area contributed by atoms with Crippen LogP contribution < -0.4 is 0 Å². The van der Waals surface area contributed by atoms with Gasteiger partial charge in [-0.25, -0.2) is 9.07 Å². The zero-order valence-corrected chi connectivity index (χ0v) is 11.7. The summed E-state index contributed by atoms with van der Waals surface area (Å²) >= 11 is 7.24. The first kappa shape index (κ1) is 13.0. The maximum absolute atomic E-state index is 13.8. The van der Waals surface area contributed by atoms with Crippen molar-refractivity contribution in [3.8, 4) is 16.9 Å². The Morgan fingerprint density at radius 1 is 1.35 bits per heavy atom. The molecule has 0 fully saturated rings. The van der Waals surface area contributed by atoms with Crippen molar-refractivity contribution >= 4 is 29.2 Å². The standard InChI is InChI=1S/C14H8ClFN2OS/c15-13-5-9(8-20-13)14-10(7-19)6-18(17-14)12-4-2-1-3-11(12)16/h1-8H. The van der Waals surface area contributed by atoms with Crippen LogP contribution in [-0.2, 0) is 0 Å². The van der Waals surface area contributed by atoms with Crippen molar-refractivity contribution in [3.63, 3.8) is 0 Å². The Bertz CT molecular complexity index is 781. The Balaban J connectivity index is 2.14. The van der Waals surface area contributed by atoms with E-state index in [-0.39, 0.29) is 0 Å². The molecule has 0 bridgehead atoms. The molecule has 1 aromatic carbocycles. The number of nitrogens with zero attached hydrogens (tertiary/aromatic N) is 2. The number of carbonyl (C=O) groups is 1. The van der Waals surface area contributed by atoms with E-state index in [9.17, 15) is 9.18 Å². The number of carbonyl (C=O) groups excluding carboxylic acids is 1. The topological polar surface area (TPSA) is 34.9 Å². The molecule has 0 aliphatic rings. The van der Waals surface area contributed by atoms with Crippen LogP contribution in [0.5, 0.6) is 0 Å². The average Bonchev–Trinajstić information content (AvgIpc) is 3.05. The van der Waals surface area contributed by atoms with Gasteiger partial charge in [0.25, 0.3) is 0 Å².